The molecule has 2 amide bonds. The molecule has 6 nitrogen and oxygen atoms in total. The minimum absolute atomic E-state index is 0.181. The van der Waals surface area contributed by atoms with Crippen molar-refractivity contribution in [3.8, 4) is 5.75 Å². The van der Waals surface area contributed by atoms with Crippen molar-refractivity contribution in [3.05, 3.63) is 24.3 Å². The smallest absolute Gasteiger partial charge is 0.409 e. The molecule has 1 aromatic carbocycles. The lowest BCUT2D eigenvalue weighted by atomic mass is 10.3. The van der Waals surface area contributed by atoms with Gasteiger partial charge in [-0.3, -0.25) is 10.0 Å². The third-order valence-electron chi connectivity index (χ3n) is 1.64. The maximum absolute atomic E-state index is 11.0. The van der Waals surface area contributed by atoms with Crippen molar-refractivity contribution in [1.82, 2.24) is 5.06 Å². The molecule has 0 aliphatic heterocycles. The normalized spacial score (nSPS) is 9.44. The highest BCUT2D eigenvalue weighted by Crippen LogP contribution is 2.16. The molecule has 86 valence electrons. The summed E-state index contributed by atoms with van der Waals surface area (Å²) in [5, 5.41) is 11.7. The Morgan fingerprint density at radius 3 is 2.31 bits per heavy atom. The van der Waals surface area contributed by atoms with Crippen LogP contribution in [0.2, 0.25) is 0 Å². The summed E-state index contributed by atoms with van der Waals surface area (Å²) in [6.07, 6.45) is -0.882. The van der Waals surface area contributed by atoms with Crippen molar-refractivity contribution in [2.24, 2.45) is 0 Å². The molecule has 0 saturated carbocycles. The van der Waals surface area contributed by atoms with E-state index in [1.54, 1.807) is 12.1 Å². The van der Waals surface area contributed by atoms with Crippen LogP contribution in [-0.4, -0.2) is 29.3 Å². The van der Waals surface area contributed by atoms with Gasteiger partial charge in [0, 0.05) is 19.7 Å². The Kier molecular flexibility index (Phi) is 3.84. The topological polar surface area (TPSA) is 78.9 Å². The van der Waals surface area contributed by atoms with Crippen LogP contribution < -0.4 is 10.1 Å². The number of amides is 2. The number of anilines is 1. The highest BCUT2D eigenvalue weighted by atomic mass is 16.6. The molecule has 0 fully saturated rings. The number of hydrogen-bond acceptors (Lipinski definition) is 4. The van der Waals surface area contributed by atoms with Gasteiger partial charge in [0.1, 0.15) is 5.75 Å². The molecule has 0 aliphatic rings. The molecule has 0 spiro atoms. The molecule has 0 unspecified atom stereocenters. The molecule has 0 aromatic heterocycles. The van der Waals surface area contributed by atoms with Crippen molar-refractivity contribution in [3.63, 3.8) is 0 Å². The molecule has 6 heteroatoms. The van der Waals surface area contributed by atoms with E-state index in [9.17, 15) is 9.59 Å². The van der Waals surface area contributed by atoms with Gasteiger partial charge in [0.05, 0.1) is 0 Å². The second-order valence-electron chi connectivity index (χ2n) is 3.10. The second-order valence-corrected chi connectivity index (χ2v) is 3.10. The van der Waals surface area contributed by atoms with E-state index in [1.807, 2.05) is 0 Å². The third kappa shape index (κ3) is 3.58. The zero-order chi connectivity index (χ0) is 12.1. The average molecular weight is 224 g/mol. The van der Waals surface area contributed by atoms with E-state index >= 15 is 0 Å². The van der Waals surface area contributed by atoms with Crippen LogP contribution in [0, 0.1) is 0 Å². The van der Waals surface area contributed by atoms with Crippen LogP contribution in [-0.2, 0) is 4.79 Å². The summed E-state index contributed by atoms with van der Waals surface area (Å²) < 4.78 is 4.76. The van der Waals surface area contributed by atoms with Crippen molar-refractivity contribution in [2.45, 2.75) is 6.92 Å². The Morgan fingerprint density at radius 1 is 1.31 bits per heavy atom. The van der Waals surface area contributed by atoms with Crippen LogP contribution in [0.5, 0.6) is 5.75 Å². The number of hydrogen-bond donors (Lipinski definition) is 2. The molecular weight excluding hydrogens is 212 g/mol. The van der Waals surface area contributed by atoms with Gasteiger partial charge in [0.15, 0.2) is 0 Å². The summed E-state index contributed by atoms with van der Waals surface area (Å²) in [5.74, 6) is 0.0971. The molecule has 0 bridgehead atoms. The summed E-state index contributed by atoms with van der Waals surface area (Å²) in [6, 6.07) is 6.18. The first-order valence-electron chi connectivity index (χ1n) is 4.51. The number of benzene rings is 1. The van der Waals surface area contributed by atoms with Gasteiger partial charge in [-0.1, -0.05) is 0 Å². The van der Waals surface area contributed by atoms with Crippen molar-refractivity contribution in [2.75, 3.05) is 12.4 Å². The number of carbonyl (C=O) groups is 2. The highest BCUT2D eigenvalue weighted by molar-refractivity contribution is 5.88. The van der Waals surface area contributed by atoms with Gasteiger partial charge >= 0.3 is 6.09 Å². The Hall–Kier alpha value is -2.08. The van der Waals surface area contributed by atoms with Crippen LogP contribution in [0.1, 0.15) is 6.92 Å². The van der Waals surface area contributed by atoms with Crippen LogP contribution >= 0.6 is 0 Å². The molecule has 16 heavy (non-hydrogen) atoms. The quantitative estimate of drug-likeness (QED) is 0.588. The molecule has 0 saturated heterocycles. The SMILES string of the molecule is CC(=O)Nc1ccc(OC(=O)N(C)O)cc1. The lowest BCUT2D eigenvalue weighted by Crippen LogP contribution is -2.25. The van der Waals surface area contributed by atoms with E-state index in [2.05, 4.69) is 5.32 Å². The van der Waals surface area contributed by atoms with E-state index < -0.39 is 6.09 Å². The maximum atomic E-state index is 11.0. The van der Waals surface area contributed by atoms with Crippen molar-refractivity contribution >= 4 is 17.7 Å². The zero-order valence-electron chi connectivity index (χ0n) is 8.93. The zero-order valence-corrected chi connectivity index (χ0v) is 8.93. The molecule has 1 rings (SSSR count). The Morgan fingerprint density at radius 2 is 1.88 bits per heavy atom. The molecule has 2 N–H and O–H groups in total. The largest absolute Gasteiger partial charge is 0.438 e. The molecule has 0 heterocycles. The predicted octanol–water partition coefficient (Wildman–Crippen LogP) is 1.46. The van der Waals surface area contributed by atoms with Crippen LogP contribution in [0.3, 0.4) is 0 Å². The van der Waals surface area contributed by atoms with E-state index in [4.69, 9.17) is 9.94 Å². The van der Waals surface area contributed by atoms with Crippen LogP contribution in [0.25, 0.3) is 0 Å². The lowest BCUT2D eigenvalue weighted by molar-refractivity contribution is -0.114. The van der Waals surface area contributed by atoms with Gasteiger partial charge < -0.3 is 10.1 Å². The summed E-state index contributed by atoms with van der Waals surface area (Å²) in [4.78, 5) is 21.7. The fourth-order valence-electron chi connectivity index (χ4n) is 0.976. The maximum Gasteiger partial charge on any atom is 0.438 e. The standard InChI is InChI=1S/C10H12N2O4/c1-7(13)11-8-3-5-9(6-4-8)16-10(14)12(2)15/h3-6,15H,1-2H3,(H,11,13). The number of nitrogens with one attached hydrogen (secondary N) is 1. The van der Waals surface area contributed by atoms with Gasteiger partial charge in [-0.2, -0.15) is 5.06 Å². The minimum atomic E-state index is -0.882. The van der Waals surface area contributed by atoms with E-state index in [-0.39, 0.29) is 11.7 Å². The fraction of sp³-hybridized carbons (Fsp3) is 0.200. The van der Waals surface area contributed by atoms with Crippen LogP contribution in [0.4, 0.5) is 10.5 Å². The average Bonchev–Trinajstić information content (AvgIpc) is 2.20. The van der Waals surface area contributed by atoms with Crippen LogP contribution in [0.15, 0.2) is 24.3 Å². The fourth-order valence-corrected chi connectivity index (χ4v) is 0.976. The van der Waals surface area contributed by atoms with E-state index in [0.29, 0.717) is 10.8 Å². The van der Waals surface area contributed by atoms with E-state index in [1.165, 1.54) is 19.1 Å². The van der Waals surface area contributed by atoms with Gasteiger partial charge in [-0.05, 0) is 24.3 Å². The van der Waals surface area contributed by atoms with E-state index in [0.717, 1.165) is 7.05 Å². The first-order valence-corrected chi connectivity index (χ1v) is 4.51. The van der Waals surface area contributed by atoms with Crippen molar-refractivity contribution < 1.29 is 19.5 Å². The number of hydroxylamine groups is 2. The summed E-state index contributed by atoms with van der Waals surface area (Å²) in [6.45, 7) is 1.40. The van der Waals surface area contributed by atoms with Crippen molar-refractivity contribution in [1.29, 1.82) is 0 Å². The third-order valence-corrected chi connectivity index (χ3v) is 1.64. The Labute approximate surface area is 92.4 Å². The number of nitrogens with zero attached hydrogens (tertiary/aromatic N) is 1. The molecular formula is C10H12N2O4. The molecule has 0 radical (unpaired) electrons. The molecule has 1 aromatic rings. The Bertz CT molecular complexity index is 386. The second kappa shape index (κ2) is 5.13. The summed E-state index contributed by atoms with van der Waals surface area (Å²) >= 11 is 0. The lowest BCUT2D eigenvalue weighted by Gasteiger charge is -2.09. The number of ether oxygens (including phenoxy) is 1. The highest BCUT2D eigenvalue weighted by Gasteiger charge is 2.07. The molecule has 0 atom stereocenters. The predicted molar refractivity (Wildman–Crippen MR) is 56.3 cm³/mol. The first kappa shape index (κ1) is 12.0. The first-order chi connectivity index (χ1) is 7.49. The van der Waals surface area contributed by atoms with Gasteiger partial charge in [0.2, 0.25) is 5.91 Å². The monoisotopic (exact) mass is 224 g/mol. The number of rotatable bonds is 2. The van der Waals surface area contributed by atoms with Gasteiger partial charge in [-0.15, -0.1) is 0 Å². The van der Waals surface area contributed by atoms with Gasteiger partial charge in [-0.25, -0.2) is 4.79 Å². The minimum Gasteiger partial charge on any atom is -0.409 e. The Balaban J connectivity index is 2.64. The van der Waals surface area contributed by atoms with Gasteiger partial charge in [0.25, 0.3) is 0 Å². The molecule has 0 aliphatic carbocycles. The summed E-state index contributed by atoms with van der Waals surface area (Å²) in [7, 11) is 1.16. The number of carbonyl (C=O) groups excluding carboxylic acids is 2. The summed E-state index contributed by atoms with van der Waals surface area (Å²) in [5.41, 5.74) is 0.602.